The average molecular weight is 606 g/mol. The average Bonchev–Trinajstić information content (AvgIpc) is 3.58. The molecule has 15 nitrogen and oxygen atoms in total. The zero-order valence-electron chi connectivity index (χ0n) is 20.8. The van der Waals surface area contributed by atoms with Crippen LogP contribution in [0.25, 0.3) is 10.2 Å². The van der Waals surface area contributed by atoms with Crippen LogP contribution < -0.4 is 26.7 Å². The number of nitrogens with two attached hydrogens (primary N) is 2. The number of β-lactam (4-membered cyclic amide) rings is 1. The molecular weight excluding hydrogens is 583 g/mol. The van der Waals surface area contributed by atoms with Crippen molar-refractivity contribution in [3.63, 3.8) is 0 Å². The number of carboxylic acids is 1. The maximum atomic E-state index is 14.0. The summed E-state index contributed by atoms with van der Waals surface area (Å²) in [4.78, 5) is 65.2. The molecule has 5 rings (SSSR count). The zero-order chi connectivity index (χ0) is 28.6. The van der Waals surface area contributed by atoms with Gasteiger partial charge >= 0.3 is 11.9 Å². The van der Waals surface area contributed by atoms with Crippen molar-refractivity contribution in [2.45, 2.75) is 18.1 Å². The minimum atomic E-state index is -1.38. The number of pyridine rings is 1. The fourth-order valence-corrected chi connectivity index (χ4v) is 7.32. The van der Waals surface area contributed by atoms with E-state index in [-0.39, 0.29) is 46.9 Å². The number of nitrogens with one attached hydrogen (secondary N) is 2. The first-order valence-electron chi connectivity index (χ1n) is 11.6. The van der Waals surface area contributed by atoms with E-state index in [1.807, 2.05) is 6.07 Å². The zero-order valence-corrected chi connectivity index (χ0v) is 23.2. The Morgan fingerprint density at radius 2 is 2.15 bits per heavy atom. The first kappa shape index (κ1) is 27.6. The van der Waals surface area contributed by atoms with Gasteiger partial charge in [-0.1, -0.05) is 16.9 Å². The van der Waals surface area contributed by atoms with Crippen molar-refractivity contribution >= 4 is 79.2 Å². The van der Waals surface area contributed by atoms with Crippen LogP contribution in [0.15, 0.2) is 45.9 Å². The Labute approximate surface area is 238 Å². The molecule has 2 unspecified atom stereocenters. The minimum absolute atomic E-state index is 0.0646. The largest absolute Gasteiger partial charge is 0.474 e. The van der Waals surface area contributed by atoms with Crippen LogP contribution in [-0.2, 0) is 30.7 Å². The van der Waals surface area contributed by atoms with E-state index in [2.05, 4.69) is 25.8 Å². The van der Waals surface area contributed by atoms with Gasteiger partial charge < -0.3 is 32.0 Å². The Morgan fingerprint density at radius 1 is 1.35 bits per heavy atom. The van der Waals surface area contributed by atoms with Crippen LogP contribution in [0.2, 0.25) is 0 Å². The number of thioether (sulfide) groups is 1. The number of rotatable bonds is 9. The lowest BCUT2D eigenvalue weighted by molar-refractivity contribution is -1.00. The van der Waals surface area contributed by atoms with Crippen LogP contribution in [0.3, 0.4) is 0 Å². The van der Waals surface area contributed by atoms with Crippen molar-refractivity contribution in [2.75, 3.05) is 25.1 Å². The number of amides is 3. The molecule has 3 amide bonds. The molecule has 18 heteroatoms. The highest BCUT2D eigenvalue weighted by Gasteiger charge is 2.72. The van der Waals surface area contributed by atoms with E-state index in [1.165, 1.54) is 35.6 Å². The van der Waals surface area contributed by atoms with E-state index >= 15 is 0 Å². The molecule has 2 aliphatic rings. The van der Waals surface area contributed by atoms with Crippen LogP contribution in [0.1, 0.15) is 5.69 Å². The molecular formula is C22H23N9O6S3+2. The van der Waals surface area contributed by atoms with Gasteiger partial charge in [-0.05, 0) is 0 Å². The Balaban J connectivity index is 1.53. The molecule has 1 saturated heterocycles. The SMILES string of the molecule is CON=C(C(=O)NC1C(=O)[N+]2(C[n+]3ccc4scnc4c3)C(C(=O)O)=C(NC(=O)CN)CS[C@@H]12)c1csc(N)n1. The van der Waals surface area contributed by atoms with Gasteiger partial charge in [-0.15, -0.1) is 27.2 Å². The maximum absolute atomic E-state index is 14.0. The van der Waals surface area contributed by atoms with E-state index in [1.54, 1.807) is 22.5 Å². The molecule has 3 atom stereocenters. The summed E-state index contributed by atoms with van der Waals surface area (Å²) in [5.74, 6) is -3.25. The topological polar surface area (TPSA) is 216 Å². The Hall–Kier alpha value is -3.97. The summed E-state index contributed by atoms with van der Waals surface area (Å²) >= 11 is 3.77. The molecule has 0 aromatic carbocycles. The monoisotopic (exact) mass is 605 g/mol. The number of aliphatic carboxylic acids is 1. The molecule has 3 aromatic rings. The maximum Gasteiger partial charge on any atom is 0.393 e. The fraction of sp³-hybridized carbons (Fsp3) is 0.273. The summed E-state index contributed by atoms with van der Waals surface area (Å²) < 4.78 is 1.91. The molecule has 0 bridgehead atoms. The number of fused-ring (bicyclic) bond motifs is 2. The quantitative estimate of drug-likeness (QED) is 0.0650. The predicted molar refractivity (Wildman–Crippen MR) is 145 cm³/mol. The summed E-state index contributed by atoms with van der Waals surface area (Å²) in [5.41, 5.74) is 13.2. The first-order chi connectivity index (χ1) is 19.2. The van der Waals surface area contributed by atoms with Crippen LogP contribution >= 0.6 is 34.4 Å². The molecule has 5 heterocycles. The number of thiazole rings is 2. The molecule has 1 fully saturated rings. The second-order valence-corrected chi connectivity index (χ2v) is 11.5. The number of nitrogens with zero attached hydrogens (tertiary/aromatic N) is 5. The number of quaternary nitrogens is 1. The molecule has 3 aromatic heterocycles. The minimum Gasteiger partial charge on any atom is -0.474 e. The van der Waals surface area contributed by atoms with Gasteiger partial charge in [0.05, 0.1) is 22.5 Å². The molecule has 208 valence electrons. The van der Waals surface area contributed by atoms with Gasteiger partial charge in [0, 0.05) is 17.2 Å². The predicted octanol–water partition coefficient (Wildman–Crippen LogP) is -1.08. The molecule has 0 aliphatic carbocycles. The number of aromatic nitrogens is 3. The van der Waals surface area contributed by atoms with Gasteiger partial charge in [0.15, 0.2) is 22.4 Å². The first-order valence-corrected chi connectivity index (χ1v) is 14.4. The highest BCUT2D eigenvalue weighted by Crippen LogP contribution is 2.47. The van der Waals surface area contributed by atoms with E-state index in [9.17, 15) is 24.3 Å². The number of hydrogen-bond donors (Lipinski definition) is 5. The van der Waals surface area contributed by atoms with Gasteiger partial charge in [-0.2, -0.15) is 4.57 Å². The van der Waals surface area contributed by atoms with Gasteiger partial charge in [0.2, 0.25) is 18.1 Å². The lowest BCUT2D eigenvalue weighted by Crippen LogP contribution is -2.83. The number of oxime groups is 1. The lowest BCUT2D eigenvalue weighted by Gasteiger charge is -2.52. The van der Waals surface area contributed by atoms with Crippen LogP contribution in [0.5, 0.6) is 0 Å². The molecule has 0 saturated carbocycles. The Kier molecular flexibility index (Phi) is 7.51. The number of carbonyl (C=O) groups is 4. The van der Waals surface area contributed by atoms with Crippen molar-refractivity contribution in [1.29, 1.82) is 0 Å². The Bertz CT molecular complexity index is 1600. The summed E-state index contributed by atoms with van der Waals surface area (Å²) in [6.45, 7) is -0.489. The van der Waals surface area contributed by atoms with Crippen molar-refractivity contribution in [3.05, 3.63) is 46.4 Å². The summed E-state index contributed by atoms with van der Waals surface area (Å²) in [6, 6.07) is 0.732. The van der Waals surface area contributed by atoms with Gasteiger partial charge in [-0.3, -0.25) is 9.59 Å². The second-order valence-electron chi connectivity index (χ2n) is 8.64. The third kappa shape index (κ3) is 4.68. The van der Waals surface area contributed by atoms with E-state index in [0.717, 1.165) is 16.0 Å². The summed E-state index contributed by atoms with van der Waals surface area (Å²) in [5, 5.41) is 20.3. The molecule has 0 spiro atoms. The van der Waals surface area contributed by atoms with E-state index < -0.39 is 39.6 Å². The van der Waals surface area contributed by atoms with Gasteiger partial charge in [0.1, 0.15) is 18.3 Å². The molecule has 40 heavy (non-hydrogen) atoms. The highest BCUT2D eigenvalue weighted by atomic mass is 32.2. The van der Waals surface area contributed by atoms with Crippen LogP contribution in [0.4, 0.5) is 5.13 Å². The number of carboxylic acid groups (broad SMARTS) is 1. The highest BCUT2D eigenvalue weighted by molar-refractivity contribution is 8.00. The van der Waals surface area contributed by atoms with Crippen LogP contribution in [0, 0.1) is 0 Å². The van der Waals surface area contributed by atoms with Crippen molar-refractivity contribution < 1.29 is 38.2 Å². The third-order valence-corrected chi connectivity index (χ3v) is 9.22. The van der Waals surface area contributed by atoms with E-state index in [0.29, 0.717) is 5.52 Å². The number of anilines is 1. The number of nitrogen functional groups attached to an aromatic ring is 1. The van der Waals surface area contributed by atoms with Crippen molar-refractivity contribution in [1.82, 2.24) is 20.6 Å². The summed E-state index contributed by atoms with van der Waals surface area (Å²) in [7, 11) is 1.26. The van der Waals surface area contributed by atoms with Gasteiger partial charge in [0.25, 0.3) is 18.3 Å². The number of carbonyl (C=O) groups excluding carboxylic acids is 3. The van der Waals surface area contributed by atoms with Gasteiger partial charge in [-0.25, -0.2) is 19.6 Å². The van der Waals surface area contributed by atoms with Crippen LogP contribution in [-0.4, -0.2) is 79.8 Å². The van der Waals surface area contributed by atoms with Crippen molar-refractivity contribution in [3.8, 4) is 0 Å². The lowest BCUT2D eigenvalue weighted by atomic mass is 9.98. The Morgan fingerprint density at radius 3 is 2.83 bits per heavy atom. The second kappa shape index (κ2) is 10.9. The summed E-state index contributed by atoms with van der Waals surface area (Å²) in [6.07, 6.45) is 3.43. The normalized spacial score (nSPS) is 22.4. The smallest absolute Gasteiger partial charge is 0.393 e. The molecule has 7 N–H and O–H groups in total. The van der Waals surface area contributed by atoms with E-state index in [4.69, 9.17) is 16.3 Å². The standard InChI is InChI=1S/C22H21N9O6S3/c1-37-29-15(11-6-39-22(24)27-11)18(33)28-16-19(34)31(9-30-3-2-13-10(5-30)25-8-40-13)17(21(35)36)12(7-38-20(16)31)26-14(32)4-23/h2-3,5-6,8,16,20H,4,7,9,23H2,1H3,(H3-2,24,26,27,28,32,33,35,36)/p+2/t16?,20-,31?/m0/s1. The van der Waals surface area contributed by atoms with Crippen molar-refractivity contribution in [2.24, 2.45) is 10.9 Å². The fourth-order valence-electron chi connectivity index (χ4n) is 4.67. The molecule has 2 aliphatic heterocycles. The number of hydrogen-bond acceptors (Lipinski definition) is 13. The third-order valence-electron chi connectivity index (χ3n) is 6.31. The molecule has 0 radical (unpaired) electrons.